The maximum Gasteiger partial charge on any atom is 0.407 e. The smallest absolute Gasteiger partial charge is 0.407 e. The fourth-order valence-corrected chi connectivity index (χ4v) is 25.6. The molecular formula is C107H150N4O24P4S2. The summed E-state index contributed by atoms with van der Waals surface area (Å²) < 4.78 is 174. The number of carbonyl (C=O) groups is 2. The van der Waals surface area contributed by atoms with E-state index < -0.39 is 73.9 Å². The summed E-state index contributed by atoms with van der Waals surface area (Å²) in [7, 11) is -14.1. The van der Waals surface area contributed by atoms with Crippen molar-refractivity contribution >= 4 is 61.7 Å². The summed E-state index contributed by atoms with van der Waals surface area (Å²) in [4.78, 5) is 24.9. The monoisotopic (exact) mass is 2060 g/mol. The molecule has 34 heteroatoms. The number of aliphatic hydroxyl groups is 1. The van der Waals surface area contributed by atoms with Gasteiger partial charge in [-0.15, -0.1) is 0 Å². The Balaban J connectivity index is 0.000000208. The molecule has 2 amide bonds. The number of amides is 2. The van der Waals surface area contributed by atoms with Gasteiger partial charge < -0.3 is 76.5 Å². The molecule has 5 aliphatic heterocycles. The Morgan fingerprint density at radius 2 is 0.773 bits per heavy atom. The summed E-state index contributed by atoms with van der Waals surface area (Å²) in [6.07, 6.45) is 1.59. The molecule has 28 nitrogen and oxygen atoms in total. The second kappa shape index (κ2) is 58.6. The first kappa shape index (κ1) is 118. The summed E-state index contributed by atoms with van der Waals surface area (Å²) in [6, 6.07) is 73.4. The molecule has 0 aliphatic carbocycles. The number of hydrogen-bond acceptors (Lipinski definition) is 24. The van der Waals surface area contributed by atoms with Crippen LogP contribution in [-0.4, -0.2) is 193 Å². The predicted molar refractivity (Wildman–Crippen MR) is 556 cm³/mol. The standard InChI is InChI=1S/C26H34N2O8S.C17H21NO5.C16H19NO3S.4C12H19O2P/c1-17-4-5-19(12-18(17)2)14-28(37(31,32)22-8-6-21(33-3)7-9-22)15-20(29)13-27-26(30)36-24-16-35-25-23(24)10-11-34-25;19-17(23-14-9-22-16-12(14)6-7-20-16)18-13(15-10-21-15)8-11-4-2-1-3-5-11;1-12-4-5-14(10-13(12)2)11-17-21(18,19)16-8-6-15(20-3)7-9-16;4*1-11(2)10-15(3,13)14-9-12-7-5-4-6-8-12/h4-9,12,20,23-25,29H,10-11,13-16H2,1-3H3,(H,27,30);1-5,12-16H,6-10H2,(H,18,19);4-10,17H,11H2,1-3H3;4*4-8,11H,9-10H2,1-3H3. The fourth-order valence-electron chi connectivity index (χ4n) is 15.7. The third kappa shape index (κ3) is 44.1. The molecule has 774 valence electrons. The van der Waals surface area contributed by atoms with Crippen molar-refractivity contribution in [1.29, 1.82) is 0 Å². The summed E-state index contributed by atoms with van der Waals surface area (Å²) in [5, 5.41) is 16.2. The van der Waals surface area contributed by atoms with Gasteiger partial charge in [-0.05, 0) is 180 Å². The van der Waals surface area contributed by atoms with E-state index in [2.05, 4.69) is 70.7 Å². The normalized spacial score (nSPS) is 19.3. The first-order chi connectivity index (χ1) is 66.9. The number of carbonyl (C=O) groups excluding carboxylic acids is 2. The Morgan fingerprint density at radius 1 is 0.426 bits per heavy atom. The van der Waals surface area contributed by atoms with Crippen molar-refractivity contribution < 1.29 is 111 Å². The molecule has 5 fully saturated rings. The zero-order valence-electron chi connectivity index (χ0n) is 85.1. The van der Waals surface area contributed by atoms with E-state index in [1.54, 1.807) is 58.0 Å². The topological polar surface area (TPSA) is 354 Å². The van der Waals surface area contributed by atoms with Crippen LogP contribution in [0.3, 0.4) is 0 Å². The number of aryl methyl sites for hydroxylation is 4. The Kier molecular flexibility index (Phi) is 48.9. The van der Waals surface area contributed by atoms with Crippen molar-refractivity contribution in [3.8, 4) is 11.5 Å². The van der Waals surface area contributed by atoms with Gasteiger partial charge in [0.2, 0.25) is 49.5 Å². The van der Waals surface area contributed by atoms with Gasteiger partial charge in [-0.3, -0.25) is 18.3 Å². The third-order valence-electron chi connectivity index (χ3n) is 23.0. The van der Waals surface area contributed by atoms with Gasteiger partial charge >= 0.3 is 12.2 Å². The number of nitrogens with one attached hydrogen (secondary N) is 3. The van der Waals surface area contributed by atoms with Gasteiger partial charge in [-0.25, -0.2) is 31.1 Å². The lowest BCUT2D eigenvalue weighted by molar-refractivity contribution is -0.0909. The van der Waals surface area contributed by atoms with Gasteiger partial charge in [0.25, 0.3) is 0 Å². The van der Waals surface area contributed by atoms with Gasteiger partial charge in [0.05, 0.1) is 107 Å². The molecule has 4 N–H and O–H groups in total. The Bertz CT molecular complexity index is 5390. The number of hydrogen-bond donors (Lipinski definition) is 4. The van der Waals surface area contributed by atoms with Gasteiger partial charge in [0.15, 0.2) is 12.6 Å². The van der Waals surface area contributed by atoms with Crippen LogP contribution in [0.1, 0.15) is 129 Å². The first-order valence-electron chi connectivity index (χ1n) is 48.0. The second-order valence-corrected chi connectivity index (χ2v) is 52.3. The number of epoxide rings is 1. The number of nitrogens with zero attached hydrogens (tertiary/aromatic N) is 1. The number of fused-ring (bicyclic) bond motifs is 2. The average Bonchev–Trinajstić information content (AvgIpc) is 1.76. The maximum atomic E-state index is 13.5. The van der Waals surface area contributed by atoms with Gasteiger partial charge in [-0.2, -0.15) is 4.31 Å². The summed E-state index contributed by atoms with van der Waals surface area (Å²) in [6.45, 7) is 35.6. The van der Waals surface area contributed by atoms with Crippen molar-refractivity contribution in [2.75, 3.05) is 112 Å². The van der Waals surface area contributed by atoms with E-state index in [0.717, 1.165) is 69.3 Å². The minimum absolute atomic E-state index is 0.00114. The van der Waals surface area contributed by atoms with E-state index in [1.165, 1.54) is 46.8 Å². The van der Waals surface area contributed by atoms with Crippen LogP contribution in [0, 0.1) is 63.2 Å². The molecule has 0 bridgehead atoms. The largest absolute Gasteiger partial charge is 0.497 e. The molecule has 9 aromatic carbocycles. The van der Waals surface area contributed by atoms with E-state index in [4.69, 9.17) is 60.7 Å². The Morgan fingerprint density at radius 3 is 1.13 bits per heavy atom. The predicted octanol–water partition coefficient (Wildman–Crippen LogP) is 21.7. The lowest BCUT2D eigenvalue weighted by Crippen LogP contribution is -2.43. The van der Waals surface area contributed by atoms with E-state index in [-0.39, 0.29) is 85.2 Å². The van der Waals surface area contributed by atoms with E-state index in [1.807, 2.05) is 216 Å². The van der Waals surface area contributed by atoms with Gasteiger partial charge in [0, 0.05) is 77.5 Å². The fraction of sp³-hybridized carbons (Fsp3) is 0.477. The zero-order chi connectivity index (χ0) is 103. The third-order valence-corrected chi connectivity index (χ3v) is 34.5. The highest BCUT2D eigenvalue weighted by Crippen LogP contribution is 2.48. The summed E-state index contributed by atoms with van der Waals surface area (Å²) in [5.41, 5.74) is 11.7. The van der Waals surface area contributed by atoms with Gasteiger partial charge in [0.1, 0.15) is 29.8 Å². The number of aliphatic hydroxyl groups excluding tert-OH is 1. The number of sulfonamides is 2. The molecule has 0 saturated carbocycles. The molecule has 9 aromatic rings. The lowest BCUT2D eigenvalue weighted by Gasteiger charge is -2.25. The van der Waals surface area contributed by atoms with E-state index in [0.29, 0.717) is 113 Å². The minimum Gasteiger partial charge on any atom is -0.497 e. The molecule has 5 aliphatic rings. The minimum atomic E-state index is -3.97. The summed E-state index contributed by atoms with van der Waals surface area (Å²) in [5.74, 6) is 2.97. The zero-order valence-corrected chi connectivity index (χ0v) is 90.3. The molecule has 5 saturated heterocycles. The highest BCUT2D eigenvalue weighted by atomic mass is 32.2. The molecular weight excluding hydrogens is 1910 g/mol. The molecule has 0 aromatic heterocycles. The molecule has 0 spiro atoms. The van der Waals surface area contributed by atoms with Crippen LogP contribution in [0.4, 0.5) is 9.59 Å². The first-order valence-corrected chi connectivity index (χ1v) is 59.9. The quantitative estimate of drug-likeness (QED) is 0.0205. The van der Waals surface area contributed by atoms with Crippen LogP contribution in [0.5, 0.6) is 11.5 Å². The van der Waals surface area contributed by atoms with E-state index >= 15 is 0 Å². The van der Waals surface area contributed by atoms with Gasteiger partial charge in [-0.1, -0.05) is 243 Å². The van der Waals surface area contributed by atoms with Crippen molar-refractivity contribution in [1.82, 2.24) is 19.7 Å². The number of rotatable bonds is 40. The highest BCUT2D eigenvalue weighted by molar-refractivity contribution is 7.89. The number of alkyl carbamates (subject to hydrolysis) is 2. The van der Waals surface area contributed by atoms with Crippen LogP contribution in [0.15, 0.2) is 246 Å². The number of benzene rings is 9. The number of ether oxygens (including phenoxy) is 9. The second-order valence-electron chi connectivity index (χ2n) is 38.0. The molecule has 13 atom stereocenters. The molecule has 0 radical (unpaired) electrons. The van der Waals surface area contributed by atoms with Crippen LogP contribution >= 0.6 is 29.5 Å². The Hall–Kier alpha value is -8.54. The molecule has 141 heavy (non-hydrogen) atoms. The molecule has 5 heterocycles. The molecule has 14 rings (SSSR count). The summed E-state index contributed by atoms with van der Waals surface area (Å²) >= 11 is 0. The number of methoxy groups -OCH3 is 2. The van der Waals surface area contributed by atoms with Crippen molar-refractivity contribution in [3.63, 3.8) is 0 Å². The van der Waals surface area contributed by atoms with Crippen LogP contribution < -0.4 is 24.8 Å². The van der Waals surface area contributed by atoms with Crippen molar-refractivity contribution in [2.45, 2.75) is 195 Å². The average molecular weight is 2060 g/mol. The van der Waals surface area contributed by atoms with E-state index in [9.17, 15) is 49.8 Å². The van der Waals surface area contributed by atoms with Crippen LogP contribution in [-0.2, 0) is 135 Å². The lowest BCUT2D eigenvalue weighted by atomic mass is 10.0. The van der Waals surface area contributed by atoms with Crippen molar-refractivity contribution in [2.24, 2.45) is 35.5 Å². The van der Waals surface area contributed by atoms with Crippen LogP contribution in [0.2, 0.25) is 0 Å². The maximum absolute atomic E-state index is 13.5. The van der Waals surface area contributed by atoms with Crippen LogP contribution in [0.25, 0.3) is 0 Å². The Labute approximate surface area is 837 Å². The molecule has 13 unspecified atom stereocenters. The SMILES string of the molecule is CC(C)CP(C)(=O)OCc1ccccc1.CC(C)CP(C)(=O)OCc1ccccc1.CC(C)CP(C)(=O)OCc1ccccc1.CC(C)CP(C)(=O)OCc1ccccc1.COc1ccc(S(=O)(=O)N(Cc2ccc(C)c(C)c2)CC(O)CNC(=O)OC2COC3OCCC23)cc1.COc1ccc(S(=O)(=O)NCc2ccc(C)c(C)c2)cc1.O=C(NC(Cc1ccccc1)C1CO1)OC1COC2OCCC12. The highest BCUT2D eigenvalue weighted by Gasteiger charge is 2.46. The van der Waals surface area contributed by atoms with Crippen molar-refractivity contribution in [3.05, 3.63) is 298 Å².